The molecule has 0 aliphatic carbocycles. The summed E-state index contributed by atoms with van der Waals surface area (Å²) in [5.41, 5.74) is 2.22. The maximum Gasteiger partial charge on any atom is 0.253 e. The average Bonchev–Trinajstić information content (AvgIpc) is 2.40. The van der Waals surface area contributed by atoms with E-state index in [1.165, 1.54) is 6.42 Å². The Morgan fingerprint density at radius 3 is 2.95 bits per heavy atom. The van der Waals surface area contributed by atoms with Crippen molar-refractivity contribution in [3.05, 3.63) is 23.0 Å². The molecule has 0 aromatic carbocycles. The molecule has 1 aromatic heterocycles. The van der Waals surface area contributed by atoms with Crippen LogP contribution in [0.15, 0.2) is 6.07 Å². The highest BCUT2D eigenvalue weighted by Crippen LogP contribution is 2.24. The highest BCUT2D eigenvalue weighted by atomic mass is 16.1. The molecule has 1 atom stereocenters. The fraction of sp³-hybridized carbons (Fsp3) is 0.643. The van der Waals surface area contributed by atoms with E-state index in [2.05, 4.69) is 27.8 Å². The summed E-state index contributed by atoms with van der Waals surface area (Å²) in [6.07, 6.45) is 2.31. The minimum atomic E-state index is -0.0534. The van der Waals surface area contributed by atoms with Gasteiger partial charge in [-0.1, -0.05) is 6.92 Å². The number of rotatable bonds is 3. The predicted molar refractivity (Wildman–Crippen MR) is 74.0 cm³/mol. The standard InChI is InChI=1S/C14H22N4O/c1-10-7-12(11(2)18-17-10)13(19)16-9-14(3)5-4-6-15-8-14/h7,15H,4-6,8-9H2,1-3H3,(H,16,19). The molecule has 2 heterocycles. The molecule has 19 heavy (non-hydrogen) atoms. The van der Waals surface area contributed by atoms with Gasteiger partial charge in [-0.05, 0) is 44.7 Å². The molecule has 104 valence electrons. The van der Waals surface area contributed by atoms with Crippen LogP contribution in [-0.4, -0.2) is 35.7 Å². The molecule has 1 fully saturated rings. The van der Waals surface area contributed by atoms with Crippen LogP contribution in [0, 0.1) is 19.3 Å². The van der Waals surface area contributed by atoms with Crippen LogP contribution in [0.25, 0.3) is 0 Å². The van der Waals surface area contributed by atoms with E-state index in [9.17, 15) is 4.79 Å². The molecule has 1 aromatic rings. The summed E-state index contributed by atoms with van der Waals surface area (Å²) in [6, 6.07) is 1.79. The van der Waals surface area contributed by atoms with Gasteiger partial charge >= 0.3 is 0 Å². The second-order valence-electron chi connectivity index (χ2n) is 5.76. The summed E-state index contributed by atoms with van der Waals surface area (Å²) >= 11 is 0. The molecular weight excluding hydrogens is 240 g/mol. The van der Waals surface area contributed by atoms with Crippen molar-refractivity contribution in [2.75, 3.05) is 19.6 Å². The van der Waals surface area contributed by atoms with Crippen LogP contribution in [0.5, 0.6) is 0 Å². The fourth-order valence-electron chi connectivity index (χ4n) is 2.44. The van der Waals surface area contributed by atoms with Gasteiger partial charge in [-0.3, -0.25) is 4.79 Å². The summed E-state index contributed by atoms with van der Waals surface area (Å²) in [4.78, 5) is 12.2. The van der Waals surface area contributed by atoms with Crippen LogP contribution in [-0.2, 0) is 0 Å². The third-order valence-corrected chi connectivity index (χ3v) is 3.71. The largest absolute Gasteiger partial charge is 0.351 e. The Hall–Kier alpha value is -1.49. The van der Waals surface area contributed by atoms with E-state index in [0.717, 1.165) is 25.2 Å². The lowest BCUT2D eigenvalue weighted by molar-refractivity contribution is 0.0923. The minimum absolute atomic E-state index is 0.0534. The molecular formula is C14H22N4O. The predicted octanol–water partition coefficient (Wildman–Crippen LogP) is 1.21. The first-order valence-corrected chi connectivity index (χ1v) is 6.80. The molecule has 2 N–H and O–H groups in total. The zero-order valence-electron chi connectivity index (χ0n) is 11.9. The molecule has 1 unspecified atom stereocenters. The SMILES string of the molecule is Cc1cc(C(=O)NCC2(C)CCCNC2)c(C)nn1. The average molecular weight is 262 g/mol. The minimum Gasteiger partial charge on any atom is -0.351 e. The Balaban J connectivity index is 1.99. The maximum atomic E-state index is 12.2. The van der Waals surface area contributed by atoms with Crippen LogP contribution < -0.4 is 10.6 Å². The fourth-order valence-corrected chi connectivity index (χ4v) is 2.44. The molecule has 1 saturated heterocycles. The molecule has 2 rings (SSSR count). The van der Waals surface area contributed by atoms with Crippen LogP contribution in [0.4, 0.5) is 0 Å². The summed E-state index contributed by atoms with van der Waals surface area (Å²) in [5, 5.41) is 14.4. The number of amides is 1. The van der Waals surface area contributed by atoms with Gasteiger partial charge in [0.15, 0.2) is 0 Å². The topological polar surface area (TPSA) is 66.9 Å². The van der Waals surface area contributed by atoms with E-state index in [1.807, 2.05) is 13.8 Å². The van der Waals surface area contributed by atoms with Gasteiger partial charge in [0.2, 0.25) is 0 Å². The Labute approximate surface area is 114 Å². The van der Waals surface area contributed by atoms with Crippen LogP contribution >= 0.6 is 0 Å². The second-order valence-corrected chi connectivity index (χ2v) is 5.76. The zero-order valence-corrected chi connectivity index (χ0v) is 11.9. The number of hydrogen-bond donors (Lipinski definition) is 2. The Morgan fingerprint density at radius 1 is 1.47 bits per heavy atom. The van der Waals surface area contributed by atoms with Gasteiger partial charge in [0.1, 0.15) is 0 Å². The van der Waals surface area contributed by atoms with Crippen LogP contribution in [0.3, 0.4) is 0 Å². The van der Waals surface area contributed by atoms with Gasteiger partial charge in [-0.25, -0.2) is 0 Å². The first kappa shape index (κ1) is 13.9. The number of carbonyl (C=O) groups excluding carboxylic acids is 1. The van der Waals surface area contributed by atoms with E-state index in [-0.39, 0.29) is 11.3 Å². The van der Waals surface area contributed by atoms with E-state index < -0.39 is 0 Å². The van der Waals surface area contributed by atoms with Gasteiger partial charge in [0, 0.05) is 13.1 Å². The second kappa shape index (κ2) is 5.65. The van der Waals surface area contributed by atoms with Crippen LogP contribution in [0.1, 0.15) is 41.5 Å². The lowest BCUT2D eigenvalue weighted by Gasteiger charge is -2.34. The number of carbonyl (C=O) groups is 1. The monoisotopic (exact) mass is 262 g/mol. The number of aryl methyl sites for hydroxylation is 2. The lowest BCUT2D eigenvalue weighted by Crippen LogP contribution is -2.45. The van der Waals surface area contributed by atoms with E-state index in [4.69, 9.17) is 0 Å². The molecule has 1 amide bonds. The highest BCUT2D eigenvalue weighted by molar-refractivity contribution is 5.95. The quantitative estimate of drug-likeness (QED) is 0.859. The molecule has 0 spiro atoms. The first-order valence-electron chi connectivity index (χ1n) is 6.80. The van der Waals surface area contributed by atoms with Crippen molar-refractivity contribution in [3.63, 3.8) is 0 Å². The Bertz CT molecular complexity index is 467. The zero-order chi connectivity index (χ0) is 13.9. The van der Waals surface area contributed by atoms with Crippen molar-refractivity contribution in [1.29, 1.82) is 0 Å². The van der Waals surface area contributed by atoms with Crippen molar-refractivity contribution in [2.24, 2.45) is 5.41 Å². The Kier molecular flexibility index (Phi) is 4.14. The van der Waals surface area contributed by atoms with Gasteiger partial charge in [0.25, 0.3) is 5.91 Å². The molecule has 1 aliphatic heterocycles. The summed E-state index contributed by atoms with van der Waals surface area (Å²) in [7, 11) is 0. The summed E-state index contributed by atoms with van der Waals surface area (Å²) in [5.74, 6) is -0.0534. The van der Waals surface area contributed by atoms with Gasteiger partial charge in [-0.15, -0.1) is 0 Å². The molecule has 1 aliphatic rings. The first-order chi connectivity index (χ1) is 9.00. The van der Waals surface area contributed by atoms with E-state index >= 15 is 0 Å². The van der Waals surface area contributed by atoms with Crippen molar-refractivity contribution < 1.29 is 4.79 Å². The van der Waals surface area contributed by atoms with Crippen molar-refractivity contribution >= 4 is 5.91 Å². The number of hydrogen-bond acceptors (Lipinski definition) is 4. The third-order valence-electron chi connectivity index (χ3n) is 3.71. The third kappa shape index (κ3) is 3.50. The van der Waals surface area contributed by atoms with Crippen LogP contribution in [0.2, 0.25) is 0 Å². The number of piperidine rings is 1. The molecule has 0 saturated carbocycles. The smallest absolute Gasteiger partial charge is 0.253 e. The normalized spacial score (nSPS) is 23.1. The van der Waals surface area contributed by atoms with Crippen molar-refractivity contribution in [3.8, 4) is 0 Å². The molecule has 5 heteroatoms. The lowest BCUT2D eigenvalue weighted by atomic mass is 9.83. The van der Waals surface area contributed by atoms with Crippen molar-refractivity contribution in [2.45, 2.75) is 33.6 Å². The molecule has 5 nitrogen and oxygen atoms in total. The Morgan fingerprint density at radius 2 is 2.26 bits per heavy atom. The highest BCUT2D eigenvalue weighted by Gasteiger charge is 2.27. The molecule has 0 radical (unpaired) electrons. The van der Waals surface area contributed by atoms with Gasteiger partial charge in [0.05, 0.1) is 17.0 Å². The number of nitrogens with one attached hydrogen (secondary N) is 2. The van der Waals surface area contributed by atoms with Gasteiger partial charge < -0.3 is 10.6 Å². The summed E-state index contributed by atoms with van der Waals surface area (Å²) in [6.45, 7) is 8.60. The summed E-state index contributed by atoms with van der Waals surface area (Å²) < 4.78 is 0. The molecule has 0 bridgehead atoms. The van der Waals surface area contributed by atoms with Crippen molar-refractivity contribution in [1.82, 2.24) is 20.8 Å². The number of nitrogens with zero attached hydrogens (tertiary/aromatic N) is 2. The van der Waals surface area contributed by atoms with E-state index in [0.29, 0.717) is 17.8 Å². The van der Waals surface area contributed by atoms with Gasteiger partial charge in [-0.2, -0.15) is 10.2 Å². The number of aromatic nitrogens is 2. The van der Waals surface area contributed by atoms with E-state index in [1.54, 1.807) is 6.07 Å². The maximum absolute atomic E-state index is 12.2.